The van der Waals surface area contributed by atoms with Gasteiger partial charge in [-0.2, -0.15) is 5.26 Å². The highest BCUT2D eigenvalue weighted by Gasteiger charge is 2.10. The van der Waals surface area contributed by atoms with E-state index in [0.717, 1.165) is 0 Å². The highest BCUT2D eigenvalue weighted by molar-refractivity contribution is 6.44. The average Bonchev–Trinajstić information content (AvgIpc) is 2.30. The second kappa shape index (κ2) is 5.26. The number of benzene rings is 1. The Labute approximate surface area is 90.9 Å². The van der Waals surface area contributed by atoms with Gasteiger partial charge in [0.2, 0.25) is 5.71 Å². The lowest BCUT2D eigenvalue weighted by atomic mass is 10.2. The van der Waals surface area contributed by atoms with Crippen LogP contribution in [-0.2, 0) is 9.63 Å². The molecule has 6 nitrogen and oxygen atoms in total. The maximum Gasteiger partial charge on any atom is 0.365 e. The summed E-state index contributed by atoms with van der Waals surface area (Å²) >= 11 is 0. The van der Waals surface area contributed by atoms with Crippen molar-refractivity contribution in [2.75, 3.05) is 0 Å². The van der Waals surface area contributed by atoms with Gasteiger partial charge in [-0.05, 0) is 12.1 Å². The van der Waals surface area contributed by atoms with E-state index in [4.69, 9.17) is 11.0 Å². The Bertz CT molecular complexity index is 474. The number of amides is 1. The molecule has 0 saturated heterocycles. The van der Waals surface area contributed by atoms with Crippen molar-refractivity contribution in [1.29, 1.82) is 5.26 Å². The van der Waals surface area contributed by atoms with E-state index >= 15 is 0 Å². The smallest absolute Gasteiger partial charge is 0.364 e. The van der Waals surface area contributed by atoms with Crippen LogP contribution >= 0.6 is 0 Å². The fourth-order valence-electron chi connectivity index (χ4n) is 0.835. The summed E-state index contributed by atoms with van der Waals surface area (Å²) in [5.41, 5.74) is 4.38. The maximum absolute atomic E-state index is 11.3. The molecule has 0 aromatic heterocycles. The van der Waals surface area contributed by atoms with Gasteiger partial charge in [0.25, 0.3) is 5.91 Å². The minimum absolute atomic E-state index is 0.257. The minimum atomic E-state index is -1.05. The average molecular weight is 217 g/mol. The number of rotatable bonds is 3. The number of carbonyl (C=O) groups is 2. The Morgan fingerprint density at radius 1 is 1.31 bits per heavy atom. The van der Waals surface area contributed by atoms with Crippen molar-refractivity contribution < 1.29 is 14.4 Å². The lowest BCUT2D eigenvalue weighted by molar-refractivity contribution is -0.112. The van der Waals surface area contributed by atoms with Gasteiger partial charge < -0.3 is 10.6 Å². The second-order valence-corrected chi connectivity index (χ2v) is 2.66. The number of nitrogens with zero attached hydrogens (tertiary/aromatic N) is 2. The largest absolute Gasteiger partial charge is 0.365 e. The predicted molar refractivity (Wildman–Crippen MR) is 54.1 cm³/mol. The molecule has 16 heavy (non-hydrogen) atoms. The second-order valence-electron chi connectivity index (χ2n) is 2.66. The molecule has 0 heterocycles. The fraction of sp³-hybridized carbons (Fsp3) is 0. The van der Waals surface area contributed by atoms with Crippen molar-refractivity contribution in [3.05, 3.63) is 35.9 Å². The van der Waals surface area contributed by atoms with Gasteiger partial charge in [-0.1, -0.05) is 23.4 Å². The summed E-state index contributed by atoms with van der Waals surface area (Å²) < 4.78 is 0. The SMILES string of the molecule is N#C/C(=N/OC(=O)c1ccccc1)C(N)=O. The van der Waals surface area contributed by atoms with Crippen LogP contribution in [0.25, 0.3) is 0 Å². The first kappa shape index (κ1) is 11.4. The van der Waals surface area contributed by atoms with E-state index in [1.807, 2.05) is 0 Å². The normalized spacial score (nSPS) is 10.3. The highest BCUT2D eigenvalue weighted by Crippen LogP contribution is 2.01. The van der Waals surface area contributed by atoms with Gasteiger partial charge in [0, 0.05) is 0 Å². The molecule has 80 valence electrons. The van der Waals surface area contributed by atoms with Crippen LogP contribution in [-0.4, -0.2) is 17.6 Å². The minimum Gasteiger partial charge on any atom is -0.364 e. The van der Waals surface area contributed by atoms with Crippen molar-refractivity contribution in [2.45, 2.75) is 0 Å². The number of oxime groups is 1. The fourth-order valence-corrected chi connectivity index (χ4v) is 0.835. The molecule has 2 N–H and O–H groups in total. The quantitative estimate of drug-likeness (QED) is 0.443. The Kier molecular flexibility index (Phi) is 3.75. The van der Waals surface area contributed by atoms with E-state index in [-0.39, 0.29) is 5.56 Å². The molecule has 0 unspecified atom stereocenters. The van der Waals surface area contributed by atoms with Crippen molar-refractivity contribution >= 4 is 17.6 Å². The molecule has 0 aliphatic carbocycles. The molecular weight excluding hydrogens is 210 g/mol. The van der Waals surface area contributed by atoms with Gasteiger partial charge in [-0.3, -0.25) is 4.79 Å². The van der Waals surface area contributed by atoms with Gasteiger partial charge in [0.1, 0.15) is 6.07 Å². The standard InChI is InChI=1S/C10H7N3O3/c11-6-8(9(12)14)13-16-10(15)7-4-2-1-3-5-7/h1-5H,(H2,12,14)/b13-8-. The van der Waals surface area contributed by atoms with Crippen LogP contribution in [0.5, 0.6) is 0 Å². The van der Waals surface area contributed by atoms with E-state index in [0.29, 0.717) is 0 Å². The number of carbonyl (C=O) groups excluding carboxylic acids is 2. The summed E-state index contributed by atoms with van der Waals surface area (Å²) in [6.07, 6.45) is 0. The van der Waals surface area contributed by atoms with Crippen LogP contribution in [0.4, 0.5) is 0 Å². The summed E-state index contributed by atoms with van der Waals surface area (Å²) in [6, 6.07) is 9.43. The Morgan fingerprint density at radius 3 is 2.44 bits per heavy atom. The first-order chi connectivity index (χ1) is 7.65. The summed E-state index contributed by atoms with van der Waals surface area (Å²) in [4.78, 5) is 26.2. The van der Waals surface area contributed by atoms with Crippen molar-refractivity contribution in [1.82, 2.24) is 0 Å². The third-order valence-electron chi connectivity index (χ3n) is 1.57. The van der Waals surface area contributed by atoms with Crippen LogP contribution in [0.3, 0.4) is 0 Å². The van der Waals surface area contributed by atoms with Crippen LogP contribution < -0.4 is 5.73 Å². The zero-order valence-electron chi connectivity index (χ0n) is 8.08. The third-order valence-corrected chi connectivity index (χ3v) is 1.57. The third kappa shape index (κ3) is 2.92. The van der Waals surface area contributed by atoms with E-state index in [2.05, 4.69) is 9.99 Å². The van der Waals surface area contributed by atoms with Gasteiger partial charge >= 0.3 is 5.97 Å². The van der Waals surface area contributed by atoms with Crippen LogP contribution in [0, 0.1) is 11.3 Å². The molecule has 0 aliphatic heterocycles. The molecule has 1 amide bonds. The molecule has 1 aromatic rings. The molecule has 1 aromatic carbocycles. The number of nitriles is 1. The van der Waals surface area contributed by atoms with Gasteiger partial charge in [-0.15, -0.1) is 0 Å². The predicted octanol–water partition coefficient (Wildman–Crippen LogP) is 0.208. The van der Waals surface area contributed by atoms with Crippen LogP contribution in [0.15, 0.2) is 35.5 Å². The van der Waals surface area contributed by atoms with Gasteiger partial charge in [0.05, 0.1) is 5.56 Å². The van der Waals surface area contributed by atoms with Crippen molar-refractivity contribution in [2.24, 2.45) is 10.9 Å². The molecule has 1 rings (SSSR count). The van der Waals surface area contributed by atoms with Gasteiger partial charge in [-0.25, -0.2) is 4.79 Å². The van der Waals surface area contributed by atoms with Crippen molar-refractivity contribution in [3.63, 3.8) is 0 Å². The summed E-state index contributed by atoms with van der Waals surface area (Å²) in [7, 11) is 0. The Hall–Kier alpha value is -2.68. The monoisotopic (exact) mass is 217 g/mol. The zero-order chi connectivity index (χ0) is 12.0. The van der Waals surface area contributed by atoms with E-state index < -0.39 is 17.6 Å². The lowest BCUT2D eigenvalue weighted by Crippen LogP contribution is -2.22. The number of primary amides is 1. The Morgan fingerprint density at radius 2 is 1.94 bits per heavy atom. The first-order valence-electron chi connectivity index (χ1n) is 4.19. The molecule has 0 aliphatic rings. The molecule has 0 bridgehead atoms. The molecule has 0 radical (unpaired) electrons. The first-order valence-corrected chi connectivity index (χ1v) is 4.19. The molecule has 0 atom stereocenters. The molecule has 0 spiro atoms. The van der Waals surface area contributed by atoms with Gasteiger partial charge in [0.15, 0.2) is 0 Å². The topological polar surface area (TPSA) is 106 Å². The molecular formula is C10H7N3O3. The summed E-state index contributed by atoms with van der Waals surface area (Å²) in [5, 5.41) is 11.5. The zero-order valence-corrected chi connectivity index (χ0v) is 8.08. The summed E-state index contributed by atoms with van der Waals surface area (Å²) in [5.74, 6) is -1.82. The van der Waals surface area contributed by atoms with E-state index in [9.17, 15) is 9.59 Å². The molecule has 6 heteroatoms. The van der Waals surface area contributed by atoms with Crippen molar-refractivity contribution in [3.8, 4) is 6.07 Å². The summed E-state index contributed by atoms with van der Waals surface area (Å²) in [6.45, 7) is 0. The van der Waals surface area contributed by atoms with E-state index in [1.165, 1.54) is 18.2 Å². The maximum atomic E-state index is 11.3. The highest BCUT2D eigenvalue weighted by atomic mass is 16.7. The molecule has 0 saturated carbocycles. The van der Waals surface area contributed by atoms with Crippen LogP contribution in [0.1, 0.15) is 10.4 Å². The van der Waals surface area contributed by atoms with Crippen LogP contribution in [0.2, 0.25) is 0 Å². The molecule has 0 fully saturated rings. The Balaban J connectivity index is 2.74. The van der Waals surface area contributed by atoms with E-state index in [1.54, 1.807) is 18.2 Å². The lowest BCUT2D eigenvalue weighted by Gasteiger charge is -1.96. The number of nitrogens with two attached hydrogens (primary N) is 1. The number of hydrogen-bond acceptors (Lipinski definition) is 5. The number of hydrogen-bond donors (Lipinski definition) is 1.